The number of amides is 1. The number of hydrogen-bond acceptors (Lipinski definition) is 2. The van der Waals surface area contributed by atoms with Crippen molar-refractivity contribution in [2.75, 3.05) is 5.32 Å². The number of ether oxygens (including phenoxy) is 1. The quantitative estimate of drug-likeness (QED) is 0.860. The third-order valence-electron chi connectivity index (χ3n) is 3.59. The lowest BCUT2D eigenvalue weighted by molar-refractivity contribution is -0.122. The van der Waals surface area contributed by atoms with E-state index in [2.05, 4.69) is 12.2 Å². The van der Waals surface area contributed by atoms with Gasteiger partial charge in [0.05, 0.1) is 0 Å². The maximum atomic E-state index is 12.3. The number of carbonyl (C=O) groups excluding carboxylic acids is 1. The summed E-state index contributed by atoms with van der Waals surface area (Å²) in [5, 5.41) is 2.91. The first-order chi connectivity index (χ1) is 10.6. The average molecular weight is 297 g/mol. The minimum Gasteiger partial charge on any atom is -0.481 e. The summed E-state index contributed by atoms with van der Waals surface area (Å²) >= 11 is 0. The van der Waals surface area contributed by atoms with Gasteiger partial charge in [0.2, 0.25) is 0 Å². The number of carbonyl (C=O) groups is 1. The summed E-state index contributed by atoms with van der Waals surface area (Å²) in [5.41, 5.74) is 3.22. The molecule has 0 unspecified atom stereocenters. The highest BCUT2D eigenvalue weighted by molar-refractivity contribution is 5.94. The topological polar surface area (TPSA) is 38.3 Å². The molecule has 0 radical (unpaired) electrons. The van der Waals surface area contributed by atoms with Crippen molar-refractivity contribution in [3.05, 3.63) is 59.7 Å². The molecule has 2 rings (SSSR count). The van der Waals surface area contributed by atoms with Crippen molar-refractivity contribution in [2.45, 2.75) is 39.7 Å². The minimum atomic E-state index is -0.492. The van der Waals surface area contributed by atoms with E-state index in [0.29, 0.717) is 12.2 Å². The number of anilines is 1. The first-order valence-electron chi connectivity index (χ1n) is 7.75. The molecular formula is C19H23NO2. The highest BCUT2D eigenvalue weighted by Crippen LogP contribution is 2.16. The fourth-order valence-corrected chi connectivity index (χ4v) is 2.15. The fraction of sp³-hybridized carbons (Fsp3) is 0.316. The second kappa shape index (κ2) is 7.64. The van der Waals surface area contributed by atoms with Crippen LogP contribution in [-0.4, -0.2) is 12.0 Å². The van der Waals surface area contributed by atoms with Gasteiger partial charge < -0.3 is 10.1 Å². The Labute approximate surface area is 132 Å². The standard InChI is InChI=1S/C19H23NO2/c1-4-15-8-10-16(11-9-15)20-19(21)18(5-2)22-17-12-6-14(3)7-13-17/h6-13,18H,4-5H2,1-3H3,(H,20,21)/t18-/m0/s1. The lowest BCUT2D eigenvalue weighted by Crippen LogP contribution is -2.32. The third-order valence-corrected chi connectivity index (χ3v) is 3.59. The predicted molar refractivity (Wildman–Crippen MR) is 90.3 cm³/mol. The summed E-state index contributed by atoms with van der Waals surface area (Å²) in [6.45, 7) is 6.07. The lowest BCUT2D eigenvalue weighted by Gasteiger charge is -2.17. The van der Waals surface area contributed by atoms with Gasteiger partial charge in [0.1, 0.15) is 5.75 Å². The SMILES string of the molecule is CCc1ccc(NC(=O)[C@H](CC)Oc2ccc(C)cc2)cc1. The molecule has 0 saturated heterocycles. The van der Waals surface area contributed by atoms with E-state index >= 15 is 0 Å². The Bertz CT molecular complexity index is 602. The molecular weight excluding hydrogens is 274 g/mol. The smallest absolute Gasteiger partial charge is 0.265 e. The van der Waals surface area contributed by atoms with Crippen LogP contribution in [0.3, 0.4) is 0 Å². The number of rotatable bonds is 6. The molecule has 0 aliphatic rings. The van der Waals surface area contributed by atoms with E-state index in [-0.39, 0.29) is 5.91 Å². The summed E-state index contributed by atoms with van der Waals surface area (Å²) in [6.07, 6.45) is 1.11. The van der Waals surface area contributed by atoms with Gasteiger partial charge in [0.15, 0.2) is 6.10 Å². The predicted octanol–water partition coefficient (Wildman–Crippen LogP) is 4.35. The molecule has 0 aliphatic heterocycles. The molecule has 0 aromatic heterocycles. The molecule has 2 aromatic carbocycles. The van der Waals surface area contributed by atoms with Crippen molar-refractivity contribution >= 4 is 11.6 Å². The zero-order chi connectivity index (χ0) is 15.9. The molecule has 1 amide bonds. The molecule has 3 nitrogen and oxygen atoms in total. The maximum Gasteiger partial charge on any atom is 0.265 e. The molecule has 22 heavy (non-hydrogen) atoms. The summed E-state index contributed by atoms with van der Waals surface area (Å²) in [7, 11) is 0. The van der Waals surface area contributed by atoms with Crippen LogP contribution in [0.2, 0.25) is 0 Å². The van der Waals surface area contributed by atoms with Crippen LogP contribution < -0.4 is 10.1 Å². The normalized spacial score (nSPS) is 11.8. The highest BCUT2D eigenvalue weighted by atomic mass is 16.5. The van der Waals surface area contributed by atoms with E-state index in [1.807, 2.05) is 62.4 Å². The summed E-state index contributed by atoms with van der Waals surface area (Å²) < 4.78 is 5.79. The molecule has 3 heteroatoms. The maximum absolute atomic E-state index is 12.3. The largest absolute Gasteiger partial charge is 0.481 e. The van der Waals surface area contributed by atoms with E-state index in [1.165, 1.54) is 11.1 Å². The third kappa shape index (κ3) is 4.35. The van der Waals surface area contributed by atoms with Gasteiger partial charge in [-0.05, 0) is 49.6 Å². The fourth-order valence-electron chi connectivity index (χ4n) is 2.15. The lowest BCUT2D eigenvalue weighted by atomic mass is 10.1. The summed E-state index contributed by atoms with van der Waals surface area (Å²) in [4.78, 5) is 12.3. The van der Waals surface area contributed by atoms with E-state index in [1.54, 1.807) is 0 Å². The van der Waals surface area contributed by atoms with Crippen molar-refractivity contribution in [3.63, 3.8) is 0 Å². The van der Waals surface area contributed by atoms with Gasteiger partial charge >= 0.3 is 0 Å². The number of benzene rings is 2. The van der Waals surface area contributed by atoms with Crippen LogP contribution in [0.4, 0.5) is 5.69 Å². The molecule has 1 atom stereocenters. The average Bonchev–Trinajstić information content (AvgIpc) is 2.55. The molecule has 0 heterocycles. The van der Waals surface area contributed by atoms with Crippen molar-refractivity contribution in [2.24, 2.45) is 0 Å². The Hall–Kier alpha value is -2.29. The Morgan fingerprint density at radius 3 is 2.23 bits per heavy atom. The van der Waals surface area contributed by atoms with Crippen LogP contribution in [0.5, 0.6) is 5.75 Å². The second-order valence-electron chi connectivity index (χ2n) is 5.37. The zero-order valence-corrected chi connectivity index (χ0v) is 13.4. The van der Waals surface area contributed by atoms with Crippen molar-refractivity contribution < 1.29 is 9.53 Å². The van der Waals surface area contributed by atoms with Gasteiger partial charge in [-0.25, -0.2) is 0 Å². The van der Waals surface area contributed by atoms with E-state index in [4.69, 9.17) is 4.74 Å². The first kappa shape index (κ1) is 16.1. The monoisotopic (exact) mass is 297 g/mol. The Morgan fingerprint density at radius 1 is 1.05 bits per heavy atom. The Kier molecular flexibility index (Phi) is 5.59. The summed E-state index contributed by atoms with van der Waals surface area (Å²) in [6, 6.07) is 15.6. The molecule has 0 bridgehead atoms. The highest BCUT2D eigenvalue weighted by Gasteiger charge is 2.18. The molecule has 0 fully saturated rings. The van der Waals surface area contributed by atoms with Gasteiger partial charge in [-0.1, -0.05) is 43.7 Å². The van der Waals surface area contributed by atoms with Gasteiger partial charge in [0, 0.05) is 5.69 Å². The van der Waals surface area contributed by atoms with Crippen LogP contribution >= 0.6 is 0 Å². The molecule has 116 valence electrons. The molecule has 0 saturated carbocycles. The Morgan fingerprint density at radius 2 is 1.68 bits per heavy atom. The number of nitrogens with one attached hydrogen (secondary N) is 1. The molecule has 0 aliphatic carbocycles. The van der Waals surface area contributed by atoms with Gasteiger partial charge in [0.25, 0.3) is 5.91 Å². The molecule has 2 aromatic rings. The van der Waals surface area contributed by atoms with E-state index in [0.717, 1.165) is 12.1 Å². The minimum absolute atomic E-state index is 0.118. The molecule has 1 N–H and O–H groups in total. The van der Waals surface area contributed by atoms with Crippen LogP contribution in [0.25, 0.3) is 0 Å². The van der Waals surface area contributed by atoms with Crippen molar-refractivity contribution in [3.8, 4) is 5.75 Å². The van der Waals surface area contributed by atoms with Crippen molar-refractivity contribution in [1.82, 2.24) is 0 Å². The van der Waals surface area contributed by atoms with E-state index in [9.17, 15) is 4.79 Å². The second-order valence-corrected chi connectivity index (χ2v) is 5.37. The van der Waals surface area contributed by atoms with Crippen LogP contribution in [0.1, 0.15) is 31.4 Å². The van der Waals surface area contributed by atoms with E-state index < -0.39 is 6.10 Å². The summed E-state index contributed by atoms with van der Waals surface area (Å²) in [5.74, 6) is 0.598. The molecule has 0 spiro atoms. The Balaban J connectivity index is 1.99. The van der Waals surface area contributed by atoms with Crippen molar-refractivity contribution in [1.29, 1.82) is 0 Å². The van der Waals surface area contributed by atoms with Crippen LogP contribution in [0, 0.1) is 6.92 Å². The van der Waals surface area contributed by atoms with Gasteiger partial charge in [-0.3, -0.25) is 4.79 Å². The van der Waals surface area contributed by atoms with Gasteiger partial charge in [-0.15, -0.1) is 0 Å². The van der Waals surface area contributed by atoms with Crippen LogP contribution in [0.15, 0.2) is 48.5 Å². The van der Waals surface area contributed by atoms with Gasteiger partial charge in [-0.2, -0.15) is 0 Å². The van der Waals surface area contributed by atoms with Crippen LogP contribution in [-0.2, 0) is 11.2 Å². The number of hydrogen-bond donors (Lipinski definition) is 1. The zero-order valence-electron chi connectivity index (χ0n) is 13.4. The number of aryl methyl sites for hydroxylation is 2. The first-order valence-corrected chi connectivity index (χ1v) is 7.75.